The lowest BCUT2D eigenvalue weighted by Crippen LogP contribution is -2.46. The van der Waals surface area contributed by atoms with Gasteiger partial charge in [-0.05, 0) is 107 Å². The third-order valence-corrected chi connectivity index (χ3v) is 8.45. The molecule has 1 saturated heterocycles. The first-order valence-electron chi connectivity index (χ1n) is 17.1. The number of rotatable bonds is 10. The van der Waals surface area contributed by atoms with Crippen molar-refractivity contribution in [2.75, 3.05) is 5.32 Å². The van der Waals surface area contributed by atoms with Crippen LogP contribution in [-0.2, 0) is 25.5 Å². The summed E-state index contributed by atoms with van der Waals surface area (Å²) in [5, 5.41) is 12.6. The summed E-state index contributed by atoms with van der Waals surface area (Å²) in [4.78, 5) is 27.2. The molecule has 8 nitrogen and oxygen atoms in total. The maximum atomic E-state index is 14.4. The number of para-hydroxylation sites is 1. The smallest absolute Gasteiger partial charge is 0.308 e. The Balaban J connectivity index is 1.62. The van der Waals surface area contributed by atoms with E-state index in [-0.39, 0.29) is 36.1 Å². The molecule has 0 bridgehead atoms. The Hall–Kier alpha value is -4.78. The van der Waals surface area contributed by atoms with Crippen LogP contribution in [0.5, 0.6) is 0 Å². The predicted octanol–water partition coefficient (Wildman–Crippen LogP) is 9.24. The van der Waals surface area contributed by atoms with Gasteiger partial charge in [-0.15, -0.1) is 0 Å². The number of carbonyl (C=O) groups is 2. The van der Waals surface area contributed by atoms with Crippen LogP contribution in [0.15, 0.2) is 78.9 Å². The molecule has 1 aliphatic rings. The minimum atomic E-state index is -0.929. The van der Waals surface area contributed by atoms with E-state index in [1.165, 1.54) is 12.1 Å². The second-order valence-corrected chi connectivity index (χ2v) is 14.5. The van der Waals surface area contributed by atoms with E-state index in [0.29, 0.717) is 41.8 Å². The molecule has 3 aromatic carbocycles. The number of hydrogen-bond acceptors (Lipinski definition) is 6. The van der Waals surface area contributed by atoms with Crippen LogP contribution >= 0.6 is 0 Å². The summed E-state index contributed by atoms with van der Waals surface area (Å²) in [6, 6.07) is 24.9. The number of carbonyl (C=O) groups excluding carboxylic acids is 2. The van der Waals surface area contributed by atoms with Gasteiger partial charge in [-0.25, -0.2) is 4.39 Å². The molecule has 4 aromatic rings. The van der Waals surface area contributed by atoms with Gasteiger partial charge in [0.15, 0.2) is 5.79 Å². The normalized spacial score (nSPS) is 17.3. The number of anilines is 1. The molecule has 2 unspecified atom stereocenters. The first kappa shape index (κ1) is 36.5. The highest BCUT2D eigenvalue weighted by Crippen LogP contribution is 2.43. The third-order valence-electron chi connectivity index (χ3n) is 8.45. The van der Waals surface area contributed by atoms with E-state index >= 15 is 0 Å². The van der Waals surface area contributed by atoms with E-state index in [2.05, 4.69) is 16.0 Å². The van der Waals surface area contributed by atoms with Gasteiger partial charge in [0.25, 0.3) is 5.91 Å². The molecule has 2 atom stereocenters. The molecule has 0 saturated carbocycles. The SMILES string of the molecule is CC(C)c1c(C(=O)Nc2ccccc2)c(-c2ccc(C#N)cc2)c(-c2ccc(F)cc2)n1CCC1CC(CC(=O)OC(C)(C)C)OC(C)(C)O1. The fraction of sp³-hybridized carbons (Fsp3) is 0.390. The molecule has 0 spiro atoms. The van der Waals surface area contributed by atoms with Crippen molar-refractivity contribution in [2.45, 2.75) is 104 Å². The zero-order chi connectivity index (χ0) is 36.2. The molecule has 262 valence electrons. The molecule has 0 radical (unpaired) electrons. The van der Waals surface area contributed by atoms with Crippen molar-refractivity contribution >= 4 is 17.6 Å². The van der Waals surface area contributed by atoms with Gasteiger partial charge in [-0.3, -0.25) is 9.59 Å². The number of nitriles is 1. The van der Waals surface area contributed by atoms with Crippen LogP contribution in [0.2, 0.25) is 0 Å². The molecule has 50 heavy (non-hydrogen) atoms. The van der Waals surface area contributed by atoms with Crippen molar-refractivity contribution < 1.29 is 28.2 Å². The number of ether oxygens (including phenoxy) is 3. The van der Waals surface area contributed by atoms with Crippen molar-refractivity contribution in [3.8, 4) is 28.5 Å². The summed E-state index contributed by atoms with van der Waals surface area (Å²) < 4.78 is 34.6. The maximum absolute atomic E-state index is 14.4. The summed E-state index contributed by atoms with van der Waals surface area (Å²) in [7, 11) is 0. The number of nitrogens with zero attached hydrogens (tertiary/aromatic N) is 2. The Morgan fingerprint density at radius 2 is 1.60 bits per heavy atom. The number of aromatic nitrogens is 1. The second-order valence-electron chi connectivity index (χ2n) is 14.5. The molecular formula is C41H46FN3O5. The summed E-state index contributed by atoms with van der Waals surface area (Å²) in [5.74, 6) is -1.99. The third kappa shape index (κ3) is 8.87. The highest BCUT2D eigenvalue weighted by molar-refractivity contribution is 6.12. The molecule has 0 aliphatic carbocycles. The highest BCUT2D eigenvalue weighted by Gasteiger charge is 2.38. The number of hydrogen-bond donors (Lipinski definition) is 1. The average molecular weight is 680 g/mol. The van der Waals surface area contributed by atoms with Crippen LogP contribution in [0, 0.1) is 17.1 Å². The van der Waals surface area contributed by atoms with E-state index < -0.39 is 17.5 Å². The summed E-state index contributed by atoms with van der Waals surface area (Å²) in [6.45, 7) is 13.8. The van der Waals surface area contributed by atoms with Gasteiger partial charge in [0.2, 0.25) is 0 Å². The van der Waals surface area contributed by atoms with Crippen LogP contribution in [0.3, 0.4) is 0 Å². The largest absolute Gasteiger partial charge is 0.460 e. The van der Waals surface area contributed by atoms with Gasteiger partial charge in [0.05, 0.1) is 41.5 Å². The molecule has 1 N–H and O–H groups in total. The van der Waals surface area contributed by atoms with Gasteiger partial charge >= 0.3 is 5.97 Å². The lowest BCUT2D eigenvalue weighted by atomic mass is 9.94. The van der Waals surface area contributed by atoms with E-state index in [4.69, 9.17) is 14.2 Å². The molecule has 2 heterocycles. The Morgan fingerprint density at radius 3 is 2.20 bits per heavy atom. The van der Waals surface area contributed by atoms with Crippen LogP contribution in [0.1, 0.15) is 95.3 Å². The first-order chi connectivity index (χ1) is 23.6. The predicted molar refractivity (Wildman–Crippen MR) is 192 cm³/mol. The lowest BCUT2D eigenvalue weighted by Gasteiger charge is -2.41. The van der Waals surface area contributed by atoms with Crippen molar-refractivity contribution in [3.05, 3.63) is 102 Å². The van der Waals surface area contributed by atoms with E-state index in [1.54, 1.807) is 24.3 Å². The fourth-order valence-corrected chi connectivity index (χ4v) is 6.68. The molecular weight excluding hydrogens is 633 g/mol. The Kier molecular flexibility index (Phi) is 10.9. The number of nitrogens with one attached hydrogen (secondary N) is 1. The van der Waals surface area contributed by atoms with Gasteiger partial charge in [-0.2, -0.15) is 5.26 Å². The minimum absolute atomic E-state index is 0.0928. The number of halogens is 1. The molecule has 1 aliphatic heterocycles. The quantitative estimate of drug-likeness (QED) is 0.168. The minimum Gasteiger partial charge on any atom is -0.460 e. The Morgan fingerprint density at radius 1 is 0.980 bits per heavy atom. The summed E-state index contributed by atoms with van der Waals surface area (Å²) in [5.41, 5.74) is 4.80. The average Bonchev–Trinajstić information content (AvgIpc) is 3.38. The van der Waals surface area contributed by atoms with Gasteiger partial charge in [-0.1, -0.05) is 44.2 Å². The monoisotopic (exact) mass is 679 g/mol. The molecule has 5 rings (SSSR count). The van der Waals surface area contributed by atoms with E-state index in [0.717, 1.165) is 22.5 Å². The summed E-state index contributed by atoms with van der Waals surface area (Å²) >= 11 is 0. The number of amides is 1. The van der Waals surface area contributed by atoms with E-state index in [1.807, 2.05) is 90.9 Å². The number of esters is 1. The molecule has 1 fully saturated rings. The van der Waals surface area contributed by atoms with Gasteiger partial charge in [0, 0.05) is 29.9 Å². The van der Waals surface area contributed by atoms with E-state index in [9.17, 15) is 19.2 Å². The summed E-state index contributed by atoms with van der Waals surface area (Å²) in [6.07, 6.45) is 0.471. The zero-order valence-electron chi connectivity index (χ0n) is 29.9. The van der Waals surface area contributed by atoms with Crippen molar-refractivity contribution in [3.63, 3.8) is 0 Å². The first-order valence-corrected chi connectivity index (χ1v) is 17.1. The van der Waals surface area contributed by atoms with Crippen LogP contribution in [0.4, 0.5) is 10.1 Å². The van der Waals surface area contributed by atoms with Gasteiger partial charge < -0.3 is 24.1 Å². The van der Waals surface area contributed by atoms with Crippen LogP contribution in [0.25, 0.3) is 22.4 Å². The molecule has 1 aromatic heterocycles. The Labute approximate surface area is 294 Å². The zero-order valence-corrected chi connectivity index (χ0v) is 29.9. The van der Waals surface area contributed by atoms with Crippen molar-refractivity contribution in [1.29, 1.82) is 5.26 Å². The topological polar surface area (TPSA) is 103 Å². The lowest BCUT2D eigenvalue weighted by molar-refractivity contribution is -0.301. The van der Waals surface area contributed by atoms with Crippen LogP contribution < -0.4 is 5.32 Å². The van der Waals surface area contributed by atoms with Crippen LogP contribution in [-0.4, -0.2) is 40.0 Å². The van der Waals surface area contributed by atoms with Gasteiger partial charge in [0.1, 0.15) is 11.4 Å². The van der Waals surface area contributed by atoms with Crippen molar-refractivity contribution in [1.82, 2.24) is 4.57 Å². The molecule has 9 heteroatoms. The Bertz CT molecular complexity index is 1850. The highest BCUT2D eigenvalue weighted by atomic mass is 19.1. The fourth-order valence-electron chi connectivity index (χ4n) is 6.68. The maximum Gasteiger partial charge on any atom is 0.308 e. The standard InChI is InChI=1S/C41H46FN3O5/c1-26(2)37-36(39(47)44-31-11-9-8-10-12-31)35(28-15-13-27(25-43)14-16-28)38(29-17-19-30(42)20-18-29)45(37)22-21-32-23-33(49-41(6,7)48-32)24-34(46)50-40(3,4)5/h8-20,26,32-33H,21-24H2,1-7H3,(H,44,47). The molecule has 1 amide bonds. The second kappa shape index (κ2) is 15.0. The van der Waals surface area contributed by atoms with Crippen molar-refractivity contribution in [2.24, 2.45) is 0 Å². The number of benzene rings is 3.